The van der Waals surface area contributed by atoms with Gasteiger partial charge in [0.25, 0.3) is 12.3 Å². The number of alkyl halides is 2. The van der Waals surface area contributed by atoms with Crippen LogP contribution in [0.25, 0.3) is 0 Å². The molecule has 4 heterocycles. The molecule has 5 rings (SSSR count). The Balaban J connectivity index is 1.30. The van der Waals surface area contributed by atoms with Gasteiger partial charge in [-0.3, -0.25) is 4.79 Å². The number of carbonyl (C=O) groups is 1. The van der Waals surface area contributed by atoms with Crippen molar-refractivity contribution in [3.8, 4) is 0 Å². The summed E-state index contributed by atoms with van der Waals surface area (Å²) >= 11 is 0. The van der Waals surface area contributed by atoms with Gasteiger partial charge in [0.05, 0.1) is 5.69 Å². The zero-order valence-corrected chi connectivity index (χ0v) is 25.2. The van der Waals surface area contributed by atoms with Crippen LogP contribution in [0.4, 0.5) is 37.7 Å². The van der Waals surface area contributed by atoms with E-state index in [2.05, 4.69) is 66.5 Å². The Morgan fingerprint density at radius 2 is 1.75 bits per heavy atom. The third-order valence-corrected chi connectivity index (χ3v) is 8.74. The van der Waals surface area contributed by atoms with E-state index in [1.54, 1.807) is 6.08 Å². The number of piperidine rings is 2. The van der Waals surface area contributed by atoms with Crippen molar-refractivity contribution in [2.24, 2.45) is 5.41 Å². The summed E-state index contributed by atoms with van der Waals surface area (Å²) in [6.07, 6.45) is 4.87. The molecule has 234 valence electrons. The van der Waals surface area contributed by atoms with Gasteiger partial charge in [-0.25, -0.2) is 18.7 Å². The van der Waals surface area contributed by atoms with Crippen LogP contribution >= 0.6 is 0 Å². The van der Waals surface area contributed by atoms with Gasteiger partial charge in [0.2, 0.25) is 5.95 Å². The van der Waals surface area contributed by atoms with Crippen LogP contribution in [0.3, 0.4) is 0 Å². The molecule has 1 aromatic carbocycles. The topological polar surface area (TPSA) is 119 Å². The van der Waals surface area contributed by atoms with Gasteiger partial charge in [-0.1, -0.05) is 12.1 Å². The molecule has 1 atom stereocenters. The van der Waals surface area contributed by atoms with Crippen LogP contribution in [-0.2, 0) is 5.60 Å². The number of likely N-dealkylation sites (tertiary alicyclic amines) is 1. The average Bonchev–Trinajstić information content (AvgIpc) is 3.02. The highest BCUT2D eigenvalue weighted by Crippen LogP contribution is 2.42. The van der Waals surface area contributed by atoms with Crippen molar-refractivity contribution >= 4 is 34.9 Å². The monoisotopic (exact) mass is 606 g/mol. The number of hydrogen-bond donors (Lipinski definition) is 4. The van der Waals surface area contributed by atoms with Crippen LogP contribution in [0, 0.1) is 5.41 Å². The number of rotatable bonds is 10. The molecule has 0 aliphatic carbocycles. The third kappa shape index (κ3) is 7.13. The normalized spacial score (nSPS) is 18.1. The van der Waals surface area contributed by atoms with Gasteiger partial charge in [-0.2, -0.15) is 4.98 Å². The maximum absolute atomic E-state index is 13.4. The van der Waals surface area contributed by atoms with E-state index in [-0.39, 0.29) is 35.4 Å². The largest absolute Gasteiger partial charge is 0.378 e. The van der Waals surface area contributed by atoms with Gasteiger partial charge in [0.15, 0.2) is 5.60 Å². The number of carbonyl (C=O) groups excluding carboxylic acids is 1. The molecular formula is C32H40F2N8O2. The Hall–Kier alpha value is -4.16. The van der Waals surface area contributed by atoms with Gasteiger partial charge in [-0.05, 0) is 94.6 Å². The van der Waals surface area contributed by atoms with E-state index in [0.29, 0.717) is 5.41 Å². The Kier molecular flexibility index (Phi) is 9.40. The van der Waals surface area contributed by atoms with Crippen LogP contribution in [0.2, 0.25) is 0 Å². The number of aromatic nitrogens is 3. The molecule has 4 N–H and O–H groups in total. The van der Waals surface area contributed by atoms with E-state index in [0.717, 1.165) is 25.7 Å². The Morgan fingerprint density at radius 3 is 2.41 bits per heavy atom. The molecule has 2 saturated heterocycles. The number of hydrogen-bond acceptors (Lipinski definition) is 9. The first-order chi connectivity index (χ1) is 21.1. The predicted octanol–water partition coefficient (Wildman–Crippen LogP) is 5.06. The van der Waals surface area contributed by atoms with E-state index in [1.807, 2.05) is 12.1 Å². The molecule has 1 unspecified atom stereocenters. The number of nitrogens with zero attached hydrogens (tertiary/aromatic N) is 5. The van der Waals surface area contributed by atoms with E-state index < -0.39 is 17.9 Å². The second-order valence-corrected chi connectivity index (χ2v) is 11.9. The molecule has 10 nitrogen and oxygen atoms in total. The first-order valence-corrected chi connectivity index (χ1v) is 14.9. The fourth-order valence-corrected chi connectivity index (χ4v) is 5.70. The number of halogens is 2. The number of aliphatic hydroxyl groups is 1. The number of pyridine rings is 1. The fourth-order valence-electron chi connectivity index (χ4n) is 5.70. The van der Waals surface area contributed by atoms with Gasteiger partial charge >= 0.3 is 0 Å². The molecule has 0 radical (unpaired) electrons. The van der Waals surface area contributed by atoms with Crippen LogP contribution in [0.5, 0.6) is 0 Å². The third-order valence-electron chi connectivity index (χ3n) is 8.74. The van der Waals surface area contributed by atoms with Crippen molar-refractivity contribution in [1.82, 2.24) is 25.2 Å². The molecular weight excluding hydrogens is 566 g/mol. The highest BCUT2D eigenvalue weighted by molar-refractivity contribution is 5.99. The summed E-state index contributed by atoms with van der Waals surface area (Å²) in [6.45, 7) is 9.30. The van der Waals surface area contributed by atoms with Gasteiger partial charge in [0, 0.05) is 37.2 Å². The van der Waals surface area contributed by atoms with Crippen molar-refractivity contribution in [2.75, 3.05) is 55.3 Å². The lowest BCUT2D eigenvalue weighted by atomic mass is 9.71. The quantitative estimate of drug-likeness (QED) is 0.235. The molecule has 0 saturated carbocycles. The summed E-state index contributed by atoms with van der Waals surface area (Å²) in [6, 6.07) is 12.4. The molecule has 44 heavy (non-hydrogen) atoms. The van der Waals surface area contributed by atoms with Crippen molar-refractivity contribution in [1.29, 1.82) is 0 Å². The van der Waals surface area contributed by atoms with Crippen LogP contribution in [-0.4, -0.2) is 77.1 Å². The van der Waals surface area contributed by atoms with Gasteiger partial charge in [-0.15, -0.1) is 6.58 Å². The summed E-state index contributed by atoms with van der Waals surface area (Å²) in [7, 11) is 2.21. The highest BCUT2D eigenvalue weighted by atomic mass is 19.3. The number of nitrogens with one attached hydrogen (secondary N) is 3. The maximum atomic E-state index is 13.4. The Morgan fingerprint density at radius 1 is 1.07 bits per heavy atom. The lowest BCUT2D eigenvalue weighted by molar-refractivity contribution is -0.0909. The molecule has 2 aromatic heterocycles. The predicted molar refractivity (Wildman–Crippen MR) is 168 cm³/mol. The molecule has 1 spiro atoms. The molecule has 1 amide bonds. The molecule has 2 aliphatic heterocycles. The number of amides is 1. The molecule has 2 fully saturated rings. The Bertz CT molecular complexity index is 1450. The first kappa shape index (κ1) is 31.3. The smallest absolute Gasteiger partial charge is 0.272 e. The minimum atomic E-state index is -3.04. The molecule has 2 aliphatic rings. The van der Waals surface area contributed by atoms with Crippen LogP contribution in [0.15, 0.2) is 61.3 Å². The van der Waals surface area contributed by atoms with Crippen molar-refractivity contribution in [2.45, 2.75) is 44.6 Å². The second kappa shape index (κ2) is 13.2. The number of anilines is 5. The minimum Gasteiger partial charge on any atom is -0.378 e. The standard InChI is InChI=1S/C32H40F2N8O2/c1-4-16-35-28(43)24-21-36-30(40-27(24)39-26-7-5-6-25(38-26)31(2,44)29(33)34)37-22-8-10-23(11-9-22)42-19-14-32(15-20-42)12-17-41(3)18-13-32/h4-11,21,29,44H,1,12-20H2,2-3H3,(H,35,43)(H2,36,37,38,39,40). The lowest BCUT2D eigenvalue weighted by Crippen LogP contribution is -2.46. The van der Waals surface area contributed by atoms with E-state index >= 15 is 0 Å². The summed E-state index contributed by atoms with van der Waals surface area (Å²) in [5.41, 5.74) is -0.137. The summed E-state index contributed by atoms with van der Waals surface area (Å²) in [5.74, 6) is -0.00189. The Labute approximate surface area is 256 Å². The lowest BCUT2D eigenvalue weighted by Gasteiger charge is -2.46. The minimum absolute atomic E-state index is 0.109. The fraction of sp³-hybridized carbons (Fsp3) is 0.438. The number of benzene rings is 1. The molecule has 0 bridgehead atoms. The SMILES string of the molecule is C=CCNC(=O)c1cnc(Nc2ccc(N3CCC4(CCN(C)CC4)CC3)cc2)nc1Nc1cccc(C(C)(O)C(F)F)n1. The van der Waals surface area contributed by atoms with Crippen molar-refractivity contribution < 1.29 is 18.7 Å². The average molecular weight is 607 g/mol. The van der Waals surface area contributed by atoms with Gasteiger partial charge in [0.1, 0.15) is 17.2 Å². The van der Waals surface area contributed by atoms with Crippen molar-refractivity contribution in [3.05, 3.63) is 72.6 Å². The van der Waals surface area contributed by atoms with E-state index in [9.17, 15) is 18.7 Å². The van der Waals surface area contributed by atoms with E-state index in [1.165, 1.54) is 68.9 Å². The first-order valence-electron chi connectivity index (χ1n) is 14.9. The van der Waals surface area contributed by atoms with Gasteiger partial charge < -0.3 is 30.9 Å². The highest BCUT2D eigenvalue weighted by Gasteiger charge is 2.37. The molecule has 3 aromatic rings. The summed E-state index contributed by atoms with van der Waals surface area (Å²) in [5, 5.41) is 19.0. The summed E-state index contributed by atoms with van der Waals surface area (Å²) < 4.78 is 26.8. The van der Waals surface area contributed by atoms with Crippen LogP contribution < -0.4 is 20.9 Å². The molecule has 12 heteroatoms. The summed E-state index contributed by atoms with van der Waals surface area (Å²) in [4.78, 5) is 30.7. The zero-order valence-electron chi connectivity index (χ0n) is 25.2. The van der Waals surface area contributed by atoms with Crippen molar-refractivity contribution in [3.63, 3.8) is 0 Å². The second-order valence-electron chi connectivity index (χ2n) is 11.9. The van der Waals surface area contributed by atoms with E-state index in [4.69, 9.17) is 0 Å². The zero-order chi connectivity index (χ0) is 31.3. The maximum Gasteiger partial charge on any atom is 0.272 e. The van der Waals surface area contributed by atoms with Crippen LogP contribution in [0.1, 0.15) is 48.7 Å².